The highest BCUT2D eigenvalue weighted by molar-refractivity contribution is 5.95. The van der Waals surface area contributed by atoms with Crippen molar-refractivity contribution in [2.24, 2.45) is 0 Å². The van der Waals surface area contributed by atoms with E-state index in [1.54, 1.807) is 18.3 Å². The molecule has 0 aliphatic rings. The molecule has 18 heavy (non-hydrogen) atoms. The Balaban J connectivity index is 2.06. The van der Waals surface area contributed by atoms with Gasteiger partial charge >= 0.3 is 0 Å². The topological polar surface area (TPSA) is 68.0 Å². The average Bonchev–Trinajstić information content (AvgIpc) is 2.38. The summed E-state index contributed by atoms with van der Waals surface area (Å²) < 4.78 is 0. The number of nitrogens with zero attached hydrogens (tertiary/aromatic N) is 1. The van der Waals surface area contributed by atoms with Crippen LogP contribution < -0.4 is 11.1 Å². The first-order valence-electron chi connectivity index (χ1n) is 5.71. The molecule has 0 aliphatic heterocycles. The number of nitrogens with one attached hydrogen (secondary N) is 1. The number of hydrogen-bond donors (Lipinski definition) is 2. The van der Waals surface area contributed by atoms with E-state index in [0.29, 0.717) is 17.8 Å². The lowest BCUT2D eigenvalue weighted by atomic mass is 10.1. The Morgan fingerprint density at radius 3 is 2.78 bits per heavy atom. The van der Waals surface area contributed by atoms with Crippen molar-refractivity contribution in [3.8, 4) is 0 Å². The van der Waals surface area contributed by atoms with Crippen LogP contribution in [0.25, 0.3) is 0 Å². The summed E-state index contributed by atoms with van der Waals surface area (Å²) >= 11 is 0. The lowest BCUT2D eigenvalue weighted by molar-refractivity contribution is 0.0950. The van der Waals surface area contributed by atoms with Gasteiger partial charge in [0, 0.05) is 24.1 Å². The third-order valence-corrected chi connectivity index (χ3v) is 2.75. The van der Waals surface area contributed by atoms with Crippen LogP contribution in [0, 0.1) is 6.92 Å². The van der Waals surface area contributed by atoms with E-state index in [0.717, 1.165) is 11.3 Å². The van der Waals surface area contributed by atoms with Crippen molar-refractivity contribution in [1.29, 1.82) is 0 Å². The van der Waals surface area contributed by atoms with Gasteiger partial charge in [-0.25, -0.2) is 0 Å². The van der Waals surface area contributed by atoms with Gasteiger partial charge in [-0.3, -0.25) is 9.78 Å². The van der Waals surface area contributed by atoms with Crippen LogP contribution in [0.15, 0.2) is 42.6 Å². The molecule has 0 unspecified atom stereocenters. The molecular formula is C14H15N3O. The summed E-state index contributed by atoms with van der Waals surface area (Å²) in [7, 11) is 0. The molecule has 0 spiro atoms. The Labute approximate surface area is 106 Å². The number of pyridine rings is 1. The molecule has 1 aromatic heterocycles. The number of carbonyl (C=O) groups excluding carboxylic acids is 1. The molecule has 4 nitrogen and oxygen atoms in total. The number of hydrogen-bond acceptors (Lipinski definition) is 3. The van der Waals surface area contributed by atoms with E-state index < -0.39 is 0 Å². The van der Waals surface area contributed by atoms with Crippen LogP contribution >= 0.6 is 0 Å². The Bertz CT molecular complexity index is 566. The second-order valence-electron chi connectivity index (χ2n) is 4.02. The number of anilines is 1. The van der Waals surface area contributed by atoms with E-state index in [2.05, 4.69) is 10.3 Å². The van der Waals surface area contributed by atoms with E-state index in [4.69, 9.17) is 5.73 Å². The average molecular weight is 241 g/mol. The zero-order valence-corrected chi connectivity index (χ0v) is 10.2. The minimum atomic E-state index is -0.135. The summed E-state index contributed by atoms with van der Waals surface area (Å²) in [5.74, 6) is -0.135. The van der Waals surface area contributed by atoms with Crippen LogP contribution in [0.2, 0.25) is 0 Å². The number of aromatic nitrogens is 1. The fourth-order valence-corrected chi connectivity index (χ4v) is 1.69. The summed E-state index contributed by atoms with van der Waals surface area (Å²) in [6.07, 6.45) is 1.67. The van der Waals surface area contributed by atoms with Crippen LogP contribution in [0.3, 0.4) is 0 Å². The van der Waals surface area contributed by atoms with Gasteiger partial charge in [0.15, 0.2) is 0 Å². The number of benzene rings is 1. The molecule has 0 bridgehead atoms. The van der Waals surface area contributed by atoms with Crippen LogP contribution in [0.5, 0.6) is 0 Å². The molecule has 0 atom stereocenters. The smallest absolute Gasteiger partial charge is 0.253 e. The van der Waals surface area contributed by atoms with Gasteiger partial charge in [-0.1, -0.05) is 18.2 Å². The standard InChI is InChI=1S/C14H15N3O/c1-10-12(6-4-8-16-10)14(18)17-9-11-5-2-3-7-13(11)15/h2-8H,9,15H2,1H3,(H,17,18). The monoisotopic (exact) mass is 241 g/mol. The van der Waals surface area contributed by atoms with E-state index >= 15 is 0 Å². The molecule has 2 aromatic rings. The number of para-hydroxylation sites is 1. The lowest BCUT2D eigenvalue weighted by Crippen LogP contribution is -2.24. The van der Waals surface area contributed by atoms with Crippen molar-refractivity contribution in [3.63, 3.8) is 0 Å². The van der Waals surface area contributed by atoms with Crippen molar-refractivity contribution < 1.29 is 4.79 Å². The molecule has 0 fully saturated rings. The van der Waals surface area contributed by atoms with Gasteiger partial charge < -0.3 is 11.1 Å². The van der Waals surface area contributed by atoms with E-state index in [1.165, 1.54) is 0 Å². The third kappa shape index (κ3) is 2.66. The van der Waals surface area contributed by atoms with Gasteiger partial charge in [0.05, 0.1) is 5.56 Å². The summed E-state index contributed by atoms with van der Waals surface area (Å²) in [4.78, 5) is 16.0. The van der Waals surface area contributed by atoms with E-state index in [9.17, 15) is 4.79 Å². The summed E-state index contributed by atoms with van der Waals surface area (Å²) in [5.41, 5.74) is 8.71. The van der Waals surface area contributed by atoms with E-state index in [-0.39, 0.29) is 5.91 Å². The first kappa shape index (κ1) is 12.1. The molecule has 0 saturated carbocycles. The van der Waals surface area contributed by atoms with Crippen molar-refractivity contribution in [3.05, 3.63) is 59.4 Å². The molecule has 4 heteroatoms. The van der Waals surface area contributed by atoms with Crippen molar-refractivity contribution in [2.45, 2.75) is 13.5 Å². The van der Waals surface area contributed by atoms with Gasteiger partial charge in [-0.2, -0.15) is 0 Å². The molecule has 0 aliphatic carbocycles. The normalized spacial score (nSPS) is 10.1. The Morgan fingerprint density at radius 1 is 1.28 bits per heavy atom. The molecule has 1 amide bonds. The predicted molar refractivity (Wildman–Crippen MR) is 71.0 cm³/mol. The highest BCUT2D eigenvalue weighted by Crippen LogP contribution is 2.10. The van der Waals surface area contributed by atoms with Gasteiger partial charge in [0.2, 0.25) is 0 Å². The van der Waals surface area contributed by atoms with Crippen LogP contribution in [0.4, 0.5) is 5.69 Å². The van der Waals surface area contributed by atoms with E-state index in [1.807, 2.05) is 31.2 Å². The second-order valence-corrected chi connectivity index (χ2v) is 4.02. The predicted octanol–water partition coefficient (Wildman–Crippen LogP) is 1.90. The summed E-state index contributed by atoms with van der Waals surface area (Å²) in [5, 5.41) is 2.84. The van der Waals surface area contributed by atoms with Gasteiger partial charge in [-0.05, 0) is 30.7 Å². The Morgan fingerprint density at radius 2 is 2.06 bits per heavy atom. The number of amides is 1. The summed E-state index contributed by atoms with van der Waals surface area (Å²) in [6.45, 7) is 2.23. The maximum atomic E-state index is 12.0. The maximum absolute atomic E-state index is 12.0. The zero-order chi connectivity index (χ0) is 13.0. The number of aryl methyl sites for hydroxylation is 1. The minimum absolute atomic E-state index is 0.135. The number of carbonyl (C=O) groups is 1. The minimum Gasteiger partial charge on any atom is -0.398 e. The number of nitrogen functional groups attached to an aromatic ring is 1. The van der Waals surface area contributed by atoms with Gasteiger partial charge in [0.1, 0.15) is 0 Å². The molecule has 3 N–H and O–H groups in total. The lowest BCUT2D eigenvalue weighted by Gasteiger charge is -2.08. The molecule has 92 valence electrons. The largest absolute Gasteiger partial charge is 0.398 e. The fourth-order valence-electron chi connectivity index (χ4n) is 1.69. The van der Waals surface area contributed by atoms with Crippen molar-refractivity contribution in [1.82, 2.24) is 10.3 Å². The first-order valence-corrected chi connectivity index (χ1v) is 5.71. The van der Waals surface area contributed by atoms with Gasteiger partial charge in [0.25, 0.3) is 5.91 Å². The fraction of sp³-hybridized carbons (Fsp3) is 0.143. The molecule has 2 rings (SSSR count). The Kier molecular flexibility index (Phi) is 3.57. The summed E-state index contributed by atoms with van der Waals surface area (Å²) in [6, 6.07) is 11.0. The number of rotatable bonds is 3. The van der Waals surface area contributed by atoms with Crippen molar-refractivity contribution in [2.75, 3.05) is 5.73 Å². The molecule has 1 aromatic carbocycles. The zero-order valence-electron chi connectivity index (χ0n) is 10.2. The van der Waals surface area contributed by atoms with Crippen LogP contribution in [-0.2, 0) is 6.54 Å². The van der Waals surface area contributed by atoms with Crippen LogP contribution in [-0.4, -0.2) is 10.9 Å². The third-order valence-electron chi connectivity index (χ3n) is 2.75. The van der Waals surface area contributed by atoms with Crippen LogP contribution in [0.1, 0.15) is 21.6 Å². The molecular weight excluding hydrogens is 226 g/mol. The SMILES string of the molecule is Cc1ncccc1C(=O)NCc1ccccc1N. The molecule has 0 saturated heterocycles. The van der Waals surface area contributed by atoms with Gasteiger partial charge in [-0.15, -0.1) is 0 Å². The molecule has 0 radical (unpaired) electrons. The highest BCUT2D eigenvalue weighted by atomic mass is 16.1. The van der Waals surface area contributed by atoms with Crippen molar-refractivity contribution >= 4 is 11.6 Å². The highest BCUT2D eigenvalue weighted by Gasteiger charge is 2.09. The molecule has 1 heterocycles. The number of nitrogens with two attached hydrogens (primary N) is 1. The maximum Gasteiger partial charge on any atom is 0.253 e. The first-order chi connectivity index (χ1) is 8.68. The Hall–Kier alpha value is -2.36. The second kappa shape index (κ2) is 5.31. The quantitative estimate of drug-likeness (QED) is 0.806.